The average Bonchev–Trinajstić information content (AvgIpc) is 3.56. The Hall–Kier alpha value is 3.50. The van der Waals surface area contributed by atoms with Gasteiger partial charge in [-0.2, -0.15) is 0 Å². The van der Waals surface area contributed by atoms with Gasteiger partial charge >= 0.3 is 135 Å². The molecule has 4 saturated heterocycles. The Kier molecular flexibility index (Phi) is 36.1. The quantitative estimate of drug-likeness (QED) is 0.0338. The summed E-state index contributed by atoms with van der Waals surface area (Å²) < 4.78 is 107. The van der Waals surface area contributed by atoms with Gasteiger partial charge in [0.25, 0.3) is 0 Å². The van der Waals surface area contributed by atoms with Crippen molar-refractivity contribution in [2.75, 3.05) is 13.2 Å². The summed E-state index contributed by atoms with van der Waals surface area (Å²) in [7, 11) is -10.5. The van der Waals surface area contributed by atoms with Gasteiger partial charge in [0.1, 0.15) is 54.9 Å². The molecule has 0 amide bonds. The molecular formula is C25H48Ca2N2Na2O25S2+2. The third-order valence-corrected chi connectivity index (χ3v) is 9.79. The minimum Gasteiger partial charge on any atom is -0.870 e. The smallest absolute Gasteiger partial charge is 0.870 e. The van der Waals surface area contributed by atoms with Gasteiger partial charge in [-0.25, -0.2) is 16.8 Å². The van der Waals surface area contributed by atoms with Crippen LogP contribution in [0.25, 0.3) is 0 Å². The summed E-state index contributed by atoms with van der Waals surface area (Å²) in [6, 6.07) is 0. The molecule has 0 saturated carbocycles. The Bertz CT molecular complexity index is 1240. The minimum atomic E-state index is -5.32. The van der Waals surface area contributed by atoms with Crippen LogP contribution in [0.15, 0.2) is 0 Å². The number of hydrogen-bond donors (Lipinski definition) is 9. The molecule has 0 aliphatic carbocycles. The summed E-state index contributed by atoms with van der Waals surface area (Å²) in [6.45, 7) is 3.82. The molecule has 4 aliphatic heterocycles. The van der Waals surface area contributed by atoms with Crippen molar-refractivity contribution < 1.29 is 180 Å². The molecule has 58 heavy (non-hydrogen) atoms. The van der Waals surface area contributed by atoms with Gasteiger partial charge in [0, 0.05) is 5.92 Å². The van der Waals surface area contributed by atoms with E-state index in [0.717, 1.165) is 0 Å². The van der Waals surface area contributed by atoms with Crippen molar-refractivity contribution in [1.82, 2.24) is 0 Å². The van der Waals surface area contributed by atoms with E-state index in [1.54, 1.807) is 13.8 Å². The predicted octanol–water partition coefficient (Wildman–Crippen LogP) is -15.4. The van der Waals surface area contributed by atoms with Crippen LogP contribution in [-0.4, -0.2) is 266 Å². The summed E-state index contributed by atoms with van der Waals surface area (Å²) in [5, 5.41) is 90.7. The maximum Gasteiger partial charge on any atom is 2.00 e. The number of hydroxylamine groups is 2. The molecule has 27 nitrogen and oxygen atoms in total. The Morgan fingerprint density at radius 1 is 0.569 bits per heavy atom. The van der Waals surface area contributed by atoms with E-state index < -0.39 is 144 Å². The fraction of sp³-hybridized carbons (Fsp3) is 1.00. The van der Waals surface area contributed by atoms with Crippen LogP contribution >= 0.6 is 0 Å². The van der Waals surface area contributed by atoms with Gasteiger partial charge in [-0.05, 0) is 12.8 Å². The van der Waals surface area contributed by atoms with Crippen LogP contribution in [0.4, 0.5) is 0 Å². The van der Waals surface area contributed by atoms with E-state index in [1.807, 2.05) is 0 Å². The first-order chi connectivity index (χ1) is 24.2. The monoisotopic (exact) mass is 966 g/mol. The molecule has 18 atom stereocenters. The molecule has 13 N–H and O–H groups in total. The maximum atomic E-state index is 11.1. The number of aliphatic hydroxyl groups excluding tert-OH is 7. The topological polar surface area (TPSA) is 469 Å². The second-order valence-electron chi connectivity index (χ2n) is 12.3. The van der Waals surface area contributed by atoms with Gasteiger partial charge < -0.3 is 96.1 Å². The molecule has 4 aliphatic rings. The molecule has 4 rings (SSSR count). The third kappa shape index (κ3) is 18.3. The van der Waals surface area contributed by atoms with Crippen molar-refractivity contribution in [2.45, 2.75) is 138 Å². The van der Waals surface area contributed by atoms with Crippen LogP contribution in [-0.2, 0) is 57.6 Å². The fourth-order valence-corrected chi connectivity index (χ4v) is 7.12. The van der Waals surface area contributed by atoms with Crippen molar-refractivity contribution in [3.63, 3.8) is 0 Å². The van der Waals surface area contributed by atoms with Crippen molar-refractivity contribution in [2.24, 2.45) is 5.92 Å². The zero-order valence-electron chi connectivity index (χ0n) is 32.2. The van der Waals surface area contributed by atoms with Crippen molar-refractivity contribution in [1.29, 1.82) is 0 Å². The standard InChI is InChI=1S/C13H25NO11S.C12H23NO12S.2Ca.2Na.2H2O/c1-3-6-11(9(17)7(4-15)22-6)23-13-10(25-26(19,20)21)5(2)8(16)12(14-18)24-13;1-2-4-9(6(15)5(3-14)22-4)23-12-10(25-26(19,20)21)7(16)8(17)11(13-18)24-12;;;;;;/h5-13,15-17H,3-4,14H2,1-2H3,(H,19,20,21);4-12,14-17H,2-3,13H2,1H3,(H,19,20,21);;;;;2*1H2/q;;2*+2;2*+1;;/p-4. The SMILES string of the molecule is CCC1OC(CO)C(O)C1OC1OC([NH2+][O-])C(O)C(C)C1OS(=O)(=O)[O-].CCC1OC(CO)C(O)C1OC1OC([NH2+][O-])C(O)C(O)C1OS(=O)(=O)[O-].[Ca+2].[Ca+2].[Na+].[Na+].[OH-].[OH-]. The third-order valence-electron chi connectivity index (χ3n) is 8.88. The number of nitrogens with two attached hydrogens (primary N) is 2. The second-order valence-corrected chi connectivity index (χ2v) is 14.3. The van der Waals surface area contributed by atoms with E-state index in [4.69, 9.17) is 28.4 Å². The Labute approximate surface area is 437 Å². The molecular weight excluding hydrogens is 919 g/mol. The molecule has 0 radical (unpaired) electrons. The van der Waals surface area contributed by atoms with E-state index >= 15 is 0 Å². The van der Waals surface area contributed by atoms with Crippen LogP contribution in [0.2, 0.25) is 0 Å². The van der Waals surface area contributed by atoms with Crippen LogP contribution in [0.5, 0.6) is 0 Å². The zero-order chi connectivity index (χ0) is 39.3. The van der Waals surface area contributed by atoms with Gasteiger partial charge in [-0.15, -0.1) is 0 Å². The summed E-state index contributed by atoms with van der Waals surface area (Å²) in [6.07, 6.45) is -22.4. The molecule has 4 fully saturated rings. The van der Waals surface area contributed by atoms with Crippen molar-refractivity contribution >= 4 is 96.3 Å². The first kappa shape index (κ1) is 68.1. The summed E-state index contributed by atoms with van der Waals surface area (Å²) in [4.78, 5) is 0. The van der Waals surface area contributed by atoms with E-state index in [-0.39, 0.29) is 151 Å². The van der Waals surface area contributed by atoms with Crippen LogP contribution in [0.1, 0.15) is 33.6 Å². The van der Waals surface area contributed by atoms with E-state index in [1.165, 1.54) is 6.92 Å². The molecule has 0 spiro atoms. The molecule has 0 aromatic heterocycles. The molecule has 324 valence electrons. The number of rotatable bonds is 14. The summed E-state index contributed by atoms with van der Waals surface area (Å²) in [5.41, 5.74) is 0.469. The number of aliphatic hydroxyl groups is 7. The van der Waals surface area contributed by atoms with E-state index in [2.05, 4.69) is 8.37 Å². The van der Waals surface area contributed by atoms with Crippen molar-refractivity contribution in [3.8, 4) is 0 Å². The number of quaternary nitrogens is 2. The second kappa shape index (κ2) is 30.7. The first-order valence-corrected chi connectivity index (χ1v) is 18.7. The van der Waals surface area contributed by atoms with E-state index in [0.29, 0.717) is 18.3 Å². The number of hydrogen-bond acceptors (Lipinski definition) is 25. The Morgan fingerprint density at radius 2 is 0.914 bits per heavy atom. The summed E-state index contributed by atoms with van der Waals surface area (Å²) >= 11 is 0. The van der Waals surface area contributed by atoms with Gasteiger partial charge in [0.15, 0.2) is 24.8 Å². The molecule has 0 aromatic rings. The van der Waals surface area contributed by atoms with Gasteiger partial charge in [0.2, 0.25) is 33.3 Å². The maximum absolute atomic E-state index is 11.1. The Balaban J connectivity index is -0.000000456. The Morgan fingerprint density at radius 3 is 1.24 bits per heavy atom. The number of ether oxygens (including phenoxy) is 6. The minimum absolute atomic E-state index is 0. The molecule has 0 bridgehead atoms. The summed E-state index contributed by atoms with van der Waals surface area (Å²) in [5.74, 6) is -0.999. The molecule has 33 heteroatoms. The first-order valence-electron chi connectivity index (χ1n) is 16.0. The van der Waals surface area contributed by atoms with Gasteiger partial charge in [-0.3, -0.25) is 17.8 Å². The van der Waals surface area contributed by atoms with Crippen LogP contribution in [0.3, 0.4) is 0 Å². The normalized spacial score (nSPS) is 39.8. The zero-order valence-corrected chi connectivity index (χ0v) is 42.2. The van der Waals surface area contributed by atoms with Crippen molar-refractivity contribution in [3.05, 3.63) is 10.4 Å². The predicted molar refractivity (Wildman–Crippen MR) is 173 cm³/mol. The van der Waals surface area contributed by atoms with Crippen LogP contribution in [0, 0.1) is 16.3 Å². The molecule has 4 heterocycles. The fourth-order valence-electron chi connectivity index (χ4n) is 6.10. The largest absolute Gasteiger partial charge is 2.00 e. The average molecular weight is 967 g/mol. The van der Waals surface area contributed by atoms with Crippen LogP contribution < -0.4 is 70.1 Å². The molecule has 18 unspecified atom stereocenters. The van der Waals surface area contributed by atoms with Gasteiger partial charge in [-0.1, -0.05) is 20.8 Å². The van der Waals surface area contributed by atoms with Gasteiger partial charge in [0.05, 0.1) is 25.4 Å². The molecule has 0 aromatic carbocycles. The van der Waals surface area contributed by atoms with E-state index in [9.17, 15) is 72.1 Å².